The molecular formula is C21H32N2O5S2. The van der Waals surface area contributed by atoms with E-state index in [4.69, 9.17) is 9.84 Å². The third-order valence-corrected chi connectivity index (χ3v) is 7.47. The smallest absolute Gasteiger partial charge is 0.410 e. The molecule has 2 heterocycles. The van der Waals surface area contributed by atoms with Gasteiger partial charge in [0.2, 0.25) is 0 Å². The van der Waals surface area contributed by atoms with Crippen molar-refractivity contribution in [1.82, 2.24) is 9.88 Å². The summed E-state index contributed by atoms with van der Waals surface area (Å²) in [5.41, 5.74) is -0.703. The van der Waals surface area contributed by atoms with Crippen molar-refractivity contribution in [3.8, 4) is 0 Å². The number of rotatable bonds is 12. The molecule has 2 N–H and O–H groups in total. The molecule has 168 valence electrons. The average Bonchev–Trinajstić information content (AvgIpc) is 3.26. The number of cyclic esters (lactones) is 1. The first-order chi connectivity index (χ1) is 14.2. The van der Waals surface area contributed by atoms with Crippen LogP contribution in [-0.4, -0.2) is 62.2 Å². The number of aromatic nitrogens is 1. The summed E-state index contributed by atoms with van der Waals surface area (Å²) < 4.78 is 6.06. The normalized spacial score (nSPS) is 21.4. The Hall–Kier alpha value is -1.58. The van der Waals surface area contributed by atoms with E-state index in [1.165, 1.54) is 28.5 Å². The molecule has 1 aromatic rings. The van der Waals surface area contributed by atoms with Gasteiger partial charge in [0.25, 0.3) is 0 Å². The summed E-state index contributed by atoms with van der Waals surface area (Å²) in [6.45, 7) is 8.52. The fourth-order valence-electron chi connectivity index (χ4n) is 3.35. The van der Waals surface area contributed by atoms with Crippen LogP contribution in [0, 0.1) is 5.92 Å². The van der Waals surface area contributed by atoms with E-state index in [1.54, 1.807) is 4.90 Å². The molecule has 1 fully saturated rings. The second-order valence-electron chi connectivity index (χ2n) is 7.92. The fourth-order valence-corrected chi connectivity index (χ4v) is 5.16. The molecule has 3 unspecified atom stereocenters. The molecule has 0 saturated carbocycles. The number of thioether (sulfide) groups is 1. The molecule has 0 spiro atoms. The average molecular weight is 457 g/mol. The number of carbonyl (C=O) groups excluding carboxylic acids is 1. The molecule has 1 aromatic heterocycles. The van der Waals surface area contributed by atoms with Crippen LogP contribution in [0.5, 0.6) is 0 Å². The van der Waals surface area contributed by atoms with Gasteiger partial charge in [-0.2, -0.15) is 0 Å². The van der Waals surface area contributed by atoms with Crippen molar-refractivity contribution in [2.75, 3.05) is 12.3 Å². The van der Waals surface area contributed by atoms with Crippen molar-refractivity contribution in [2.24, 2.45) is 5.92 Å². The quantitative estimate of drug-likeness (QED) is 0.348. The molecule has 0 aliphatic carbocycles. The third kappa shape index (κ3) is 6.46. The lowest BCUT2D eigenvalue weighted by atomic mass is 9.82. The summed E-state index contributed by atoms with van der Waals surface area (Å²) in [5, 5.41) is 21.4. The minimum absolute atomic E-state index is 0.0400. The van der Waals surface area contributed by atoms with Crippen LogP contribution >= 0.6 is 23.1 Å². The van der Waals surface area contributed by atoms with E-state index in [-0.39, 0.29) is 29.9 Å². The van der Waals surface area contributed by atoms with E-state index in [9.17, 15) is 14.7 Å². The molecular weight excluding hydrogens is 424 g/mol. The lowest BCUT2D eigenvalue weighted by molar-refractivity contribution is -0.0122. The second kappa shape index (κ2) is 11.2. The Labute approximate surface area is 186 Å². The summed E-state index contributed by atoms with van der Waals surface area (Å²) in [4.78, 5) is 28.9. The number of aliphatic hydroxyl groups is 1. The van der Waals surface area contributed by atoms with Crippen molar-refractivity contribution in [3.05, 3.63) is 23.2 Å². The SMILES string of the molecule is CCCCC(O)(CC=CC1C(C)OC(=O)N1CCSc1nc(C(=O)O)cs1)C(C)C. The van der Waals surface area contributed by atoms with Gasteiger partial charge in [-0.3, -0.25) is 4.90 Å². The van der Waals surface area contributed by atoms with Gasteiger partial charge in [0.05, 0.1) is 11.6 Å². The number of hydrogen-bond donors (Lipinski definition) is 2. The lowest BCUT2D eigenvalue weighted by Gasteiger charge is -2.31. The molecule has 0 aromatic carbocycles. The van der Waals surface area contributed by atoms with Crippen LogP contribution in [0.25, 0.3) is 0 Å². The number of hydrogen-bond acceptors (Lipinski definition) is 7. The highest BCUT2D eigenvalue weighted by Gasteiger charge is 2.37. The van der Waals surface area contributed by atoms with Crippen LogP contribution in [0.15, 0.2) is 21.9 Å². The highest BCUT2D eigenvalue weighted by Crippen LogP contribution is 2.29. The topological polar surface area (TPSA) is 100.0 Å². The van der Waals surface area contributed by atoms with Gasteiger partial charge in [-0.15, -0.1) is 11.3 Å². The van der Waals surface area contributed by atoms with Gasteiger partial charge in [0.15, 0.2) is 10.0 Å². The molecule has 1 aliphatic heterocycles. The Balaban J connectivity index is 1.95. The number of ether oxygens (including phenoxy) is 1. The molecule has 2 rings (SSSR count). The number of nitrogens with zero attached hydrogens (tertiary/aromatic N) is 2. The van der Waals surface area contributed by atoms with E-state index in [0.717, 1.165) is 19.3 Å². The van der Waals surface area contributed by atoms with Gasteiger partial charge >= 0.3 is 12.1 Å². The van der Waals surface area contributed by atoms with E-state index >= 15 is 0 Å². The number of aromatic carboxylic acids is 1. The number of amides is 1. The van der Waals surface area contributed by atoms with Crippen LogP contribution < -0.4 is 0 Å². The molecule has 30 heavy (non-hydrogen) atoms. The Morgan fingerprint density at radius 1 is 1.50 bits per heavy atom. The standard InChI is InChI=1S/C21H32N2O5S2/c1-5-6-9-21(27,14(2)3)10-7-8-17-15(4)28-20(26)23(17)11-12-29-19-22-16(13-30-19)18(24)25/h7-8,13-15,17,27H,5-6,9-12H2,1-4H3,(H,24,25). The highest BCUT2D eigenvalue weighted by atomic mass is 32.2. The predicted molar refractivity (Wildman–Crippen MR) is 119 cm³/mol. The zero-order chi connectivity index (χ0) is 22.3. The van der Waals surface area contributed by atoms with Crippen LogP contribution in [0.4, 0.5) is 4.79 Å². The number of carboxylic acids is 1. The monoisotopic (exact) mass is 456 g/mol. The fraction of sp³-hybridized carbons (Fsp3) is 0.667. The summed E-state index contributed by atoms with van der Waals surface area (Å²) in [6.07, 6.45) is 6.64. The maximum atomic E-state index is 12.3. The summed E-state index contributed by atoms with van der Waals surface area (Å²) in [7, 11) is 0. The van der Waals surface area contributed by atoms with Crippen molar-refractivity contribution in [3.63, 3.8) is 0 Å². The first-order valence-electron chi connectivity index (χ1n) is 10.4. The summed E-state index contributed by atoms with van der Waals surface area (Å²) in [5.74, 6) is -0.305. The molecule has 0 radical (unpaired) electrons. The summed E-state index contributed by atoms with van der Waals surface area (Å²) in [6, 6.07) is -0.188. The highest BCUT2D eigenvalue weighted by molar-refractivity contribution is 8.01. The molecule has 1 amide bonds. The zero-order valence-electron chi connectivity index (χ0n) is 18.0. The van der Waals surface area contributed by atoms with Crippen molar-refractivity contribution >= 4 is 35.2 Å². The number of carbonyl (C=O) groups is 2. The Morgan fingerprint density at radius 3 is 2.83 bits per heavy atom. The van der Waals surface area contributed by atoms with Crippen molar-refractivity contribution in [1.29, 1.82) is 0 Å². The molecule has 0 bridgehead atoms. The van der Waals surface area contributed by atoms with E-state index < -0.39 is 11.6 Å². The zero-order valence-corrected chi connectivity index (χ0v) is 19.7. The molecule has 1 aliphatic rings. The van der Waals surface area contributed by atoms with Crippen LogP contribution in [-0.2, 0) is 4.74 Å². The van der Waals surface area contributed by atoms with Gasteiger partial charge in [-0.25, -0.2) is 14.6 Å². The number of unbranched alkanes of at least 4 members (excludes halogenated alkanes) is 1. The molecule has 1 saturated heterocycles. The van der Waals surface area contributed by atoms with E-state index in [1.807, 2.05) is 32.9 Å². The van der Waals surface area contributed by atoms with Crippen LogP contribution in [0.3, 0.4) is 0 Å². The van der Waals surface area contributed by atoms with Gasteiger partial charge in [-0.1, -0.05) is 57.5 Å². The Bertz CT molecular complexity index is 752. The van der Waals surface area contributed by atoms with Gasteiger partial charge < -0.3 is 14.9 Å². The van der Waals surface area contributed by atoms with Crippen LogP contribution in [0.2, 0.25) is 0 Å². The minimum atomic E-state index is -1.04. The van der Waals surface area contributed by atoms with Gasteiger partial charge in [0, 0.05) is 17.7 Å². The van der Waals surface area contributed by atoms with E-state index in [2.05, 4.69) is 11.9 Å². The molecule has 7 nitrogen and oxygen atoms in total. The predicted octanol–water partition coefficient (Wildman–Crippen LogP) is 4.67. The maximum Gasteiger partial charge on any atom is 0.410 e. The summed E-state index contributed by atoms with van der Waals surface area (Å²) >= 11 is 2.71. The first-order valence-corrected chi connectivity index (χ1v) is 12.2. The third-order valence-electron chi connectivity index (χ3n) is 5.46. The lowest BCUT2D eigenvalue weighted by Crippen LogP contribution is -2.37. The first kappa shape index (κ1) is 24.7. The van der Waals surface area contributed by atoms with E-state index in [0.29, 0.717) is 23.1 Å². The minimum Gasteiger partial charge on any atom is -0.476 e. The maximum absolute atomic E-state index is 12.3. The molecule has 9 heteroatoms. The van der Waals surface area contributed by atoms with Gasteiger partial charge in [-0.05, 0) is 25.7 Å². The Morgan fingerprint density at radius 2 is 2.23 bits per heavy atom. The number of thiazole rings is 1. The largest absolute Gasteiger partial charge is 0.476 e. The van der Waals surface area contributed by atoms with Gasteiger partial charge in [0.1, 0.15) is 6.10 Å². The van der Waals surface area contributed by atoms with Crippen LogP contribution in [0.1, 0.15) is 63.9 Å². The van der Waals surface area contributed by atoms with Crippen molar-refractivity contribution in [2.45, 2.75) is 75.5 Å². The second-order valence-corrected chi connectivity index (χ2v) is 10.1. The van der Waals surface area contributed by atoms with Crippen molar-refractivity contribution < 1.29 is 24.5 Å². The number of carboxylic acid groups (broad SMARTS) is 1. The molecule has 3 atom stereocenters. The Kier molecular flexibility index (Phi) is 9.18.